The highest BCUT2D eigenvalue weighted by Gasteiger charge is 2.20. The summed E-state index contributed by atoms with van der Waals surface area (Å²) in [4.78, 5) is 56.2. The number of unbranched alkanes of at least 4 members (excludes halogenated alkanes) is 16. The van der Waals surface area contributed by atoms with Crippen LogP contribution in [0.1, 0.15) is 280 Å². The van der Waals surface area contributed by atoms with Crippen molar-refractivity contribution in [3.8, 4) is 0 Å². The molecule has 0 saturated carbocycles. The Morgan fingerprint density at radius 2 is 0.644 bits per heavy atom. The molecule has 432 valence electrons. The molecule has 12 heteroatoms. The Labute approximate surface area is 449 Å². The molecule has 0 saturated heterocycles. The fraction of sp³-hybridized carbons (Fsp3) is 0.934. The van der Waals surface area contributed by atoms with Gasteiger partial charge in [-0.15, -0.1) is 0 Å². The normalized spacial score (nSPS) is 12.4. The van der Waals surface area contributed by atoms with Crippen LogP contribution in [0.3, 0.4) is 0 Å². The number of rotatable bonds is 54. The van der Waals surface area contributed by atoms with Crippen LogP contribution in [0.15, 0.2) is 0 Å². The maximum atomic E-state index is 13.1. The van der Waals surface area contributed by atoms with E-state index in [0.29, 0.717) is 76.7 Å². The van der Waals surface area contributed by atoms with Gasteiger partial charge >= 0.3 is 24.2 Å². The highest BCUT2D eigenvalue weighted by Crippen LogP contribution is 2.22. The molecule has 0 aromatic rings. The van der Waals surface area contributed by atoms with Crippen LogP contribution in [-0.4, -0.2) is 112 Å². The predicted octanol–water partition coefficient (Wildman–Crippen LogP) is 16.8. The standard InChI is InChI=1S/C61H118N2O10/c1-9-17-23-29-40-56(42-31-33-44-58(64)70-52-54(36-25-19-11-3)37-26-20-12-4)72-60(66)68-50-48-63(47-35-46-62(15-7)16-8)49-51-69-61(67)73-57(41-30-24-18-10-2)43-32-34-45-59(65)71-53-55(38-27-21-13-5)39-28-22-14-6/h54-57H,9-53H2,1-8H3. The van der Waals surface area contributed by atoms with E-state index >= 15 is 0 Å². The number of carbonyl (C=O) groups is 4. The summed E-state index contributed by atoms with van der Waals surface area (Å²) in [6.07, 6.45) is 33.3. The van der Waals surface area contributed by atoms with Gasteiger partial charge in [-0.25, -0.2) is 9.59 Å². The molecule has 0 aliphatic rings. The lowest BCUT2D eigenvalue weighted by molar-refractivity contribution is -0.146. The molecule has 12 nitrogen and oxygen atoms in total. The molecule has 2 atom stereocenters. The first-order valence-electron chi connectivity index (χ1n) is 31.0. The van der Waals surface area contributed by atoms with Crippen molar-refractivity contribution >= 4 is 24.2 Å². The van der Waals surface area contributed by atoms with E-state index < -0.39 is 12.3 Å². The van der Waals surface area contributed by atoms with Gasteiger partial charge in [0.2, 0.25) is 0 Å². The van der Waals surface area contributed by atoms with Crippen LogP contribution < -0.4 is 0 Å². The zero-order valence-corrected chi connectivity index (χ0v) is 49.1. The van der Waals surface area contributed by atoms with Gasteiger partial charge in [0.15, 0.2) is 0 Å². The Bertz CT molecular complexity index is 1150. The third-order valence-corrected chi connectivity index (χ3v) is 14.5. The quantitative estimate of drug-likeness (QED) is 0.0326. The highest BCUT2D eigenvalue weighted by atomic mass is 16.7. The van der Waals surface area contributed by atoms with Crippen LogP contribution in [0.25, 0.3) is 0 Å². The largest absolute Gasteiger partial charge is 0.508 e. The summed E-state index contributed by atoms with van der Waals surface area (Å²) in [5.41, 5.74) is 0. The average molecular weight is 1040 g/mol. The van der Waals surface area contributed by atoms with Crippen molar-refractivity contribution in [3.63, 3.8) is 0 Å². The molecule has 0 radical (unpaired) electrons. The molecule has 0 aromatic carbocycles. The summed E-state index contributed by atoms with van der Waals surface area (Å²) < 4.78 is 34.7. The number of esters is 2. The summed E-state index contributed by atoms with van der Waals surface area (Å²) in [7, 11) is 0. The monoisotopic (exact) mass is 1040 g/mol. The van der Waals surface area contributed by atoms with Gasteiger partial charge in [0.25, 0.3) is 0 Å². The molecule has 0 rings (SSSR count). The van der Waals surface area contributed by atoms with Crippen molar-refractivity contribution in [1.29, 1.82) is 0 Å². The second-order valence-corrected chi connectivity index (χ2v) is 21.2. The van der Waals surface area contributed by atoms with Crippen molar-refractivity contribution in [3.05, 3.63) is 0 Å². The van der Waals surface area contributed by atoms with Gasteiger partial charge in [-0.3, -0.25) is 14.5 Å². The van der Waals surface area contributed by atoms with E-state index in [2.05, 4.69) is 65.2 Å². The summed E-state index contributed by atoms with van der Waals surface area (Å²) >= 11 is 0. The zero-order valence-electron chi connectivity index (χ0n) is 49.1. The zero-order chi connectivity index (χ0) is 53.8. The van der Waals surface area contributed by atoms with E-state index in [4.69, 9.17) is 28.4 Å². The molecule has 0 spiro atoms. The van der Waals surface area contributed by atoms with Gasteiger partial charge in [-0.2, -0.15) is 0 Å². The van der Waals surface area contributed by atoms with Gasteiger partial charge < -0.3 is 33.3 Å². The Morgan fingerprint density at radius 1 is 0.329 bits per heavy atom. The molecular weight excluding hydrogens is 921 g/mol. The molecule has 0 fully saturated rings. The van der Waals surface area contributed by atoms with Crippen molar-refractivity contribution in [1.82, 2.24) is 9.80 Å². The van der Waals surface area contributed by atoms with Gasteiger partial charge in [0.05, 0.1) is 13.2 Å². The first kappa shape index (κ1) is 70.4. The number of hydrogen-bond acceptors (Lipinski definition) is 12. The topological polar surface area (TPSA) is 130 Å². The summed E-state index contributed by atoms with van der Waals surface area (Å²) in [6, 6.07) is 0. The Hall–Kier alpha value is -2.60. The molecule has 0 aliphatic carbocycles. The summed E-state index contributed by atoms with van der Waals surface area (Å²) in [5, 5.41) is 0. The minimum Gasteiger partial charge on any atom is -0.465 e. The van der Waals surface area contributed by atoms with E-state index in [9.17, 15) is 19.2 Å². The smallest absolute Gasteiger partial charge is 0.465 e. The van der Waals surface area contributed by atoms with E-state index in [1.807, 2.05) is 0 Å². The van der Waals surface area contributed by atoms with Crippen LogP contribution in [0.2, 0.25) is 0 Å². The lowest BCUT2D eigenvalue weighted by Gasteiger charge is -2.25. The van der Waals surface area contributed by atoms with Gasteiger partial charge in [0.1, 0.15) is 25.4 Å². The fourth-order valence-electron chi connectivity index (χ4n) is 9.57. The molecule has 0 heterocycles. The van der Waals surface area contributed by atoms with Crippen LogP contribution in [0.5, 0.6) is 0 Å². The average Bonchev–Trinajstić information content (AvgIpc) is 3.38. The number of nitrogens with zero attached hydrogens (tertiary/aromatic N) is 2. The van der Waals surface area contributed by atoms with E-state index in [1.165, 1.54) is 77.0 Å². The van der Waals surface area contributed by atoms with Crippen molar-refractivity contribution in [2.45, 2.75) is 292 Å². The molecular formula is C61H118N2O10. The molecule has 0 amide bonds. The lowest BCUT2D eigenvalue weighted by atomic mass is 9.96. The molecule has 73 heavy (non-hydrogen) atoms. The predicted molar refractivity (Wildman–Crippen MR) is 301 cm³/mol. The van der Waals surface area contributed by atoms with E-state index in [-0.39, 0.29) is 37.4 Å². The maximum absolute atomic E-state index is 13.1. The third-order valence-electron chi connectivity index (χ3n) is 14.5. The van der Waals surface area contributed by atoms with E-state index in [1.54, 1.807) is 0 Å². The van der Waals surface area contributed by atoms with Crippen molar-refractivity contribution in [2.24, 2.45) is 11.8 Å². The van der Waals surface area contributed by atoms with Crippen LogP contribution in [0.4, 0.5) is 9.59 Å². The number of ether oxygens (including phenoxy) is 6. The Balaban J connectivity index is 5.23. The molecule has 0 aromatic heterocycles. The molecule has 0 bridgehead atoms. The second-order valence-electron chi connectivity index (χ2n) is 21.2. The first-order valence-corrected chi connectivity index (χ1v) is 31.0. The minimum atomic E-state index is -0.661. The SMILES string of the molecule is CCCCCCC(CCCCC(=O)OCC(CCCCC)CCCCC)OC(=O)OCCN(CCCN(CC)CC)CCOC(=O)OC(CCCCCC)CCCCC(=O)OCC(CCCCC)CCCCC. The number of carbonyl (C=O) groups excluding carboxylic acids is 4. The first-order chi connectivity index (χ1) is 35.6. The van der Waals surface area contributed by atoms with E-state index in [0.717, 1.165) is 135 Å². The van der Waals surface area contributed by atoms with Crippen molar-refractivity contribution < 1.29 is 47.6 Å². The second kappa shape index (κ2) is 52.8. The van der Waals surface area contributed by atoms with Gasteiger partial charge in [-0.1, -0.05) is 171 Å². The summed E-state index contributed by atoms with van der Waals surface area (Å²) in [6.45, 7) is 23.6. The molecule has 2 unspecified atom stereocenters. The maximum Gasteiger partial charge on any atom is 0.508 e. The van der Waals surface area contributed by atoms with Crippen LogP contribution in [-0.2, 0) is 38.0 Å². The van der Waals surface area contributed by atoms with Crippen LogP contribution in [0, 0.1) is 11.8 Å². The lowest BCUT2D eigenvalue weighted by Crippen LogP contribution is -2.35. The molecule has 0 N–H and O–H groups in total. The Morgan fingerprint density at radius 3 is 0.986 bits per heavy atom. The summed E-state index contributed by atoms with van der Waals surface area (Å²) in [5.74, 6) is 0.644. The van der Waals surface area contributed by atoms with Gasteiger partial charge in [-0.05, 0) is 134 Å². The highest BCUT2D eigenvalue weighted by molar-refractivity contribution is 5.69. The van der Waals surface area contributed by atoms with Crippen LogP contribution >= 0.6 is 0 Å². The Kier molecular flexibility index (Phi) is 50.9. The molecule has 0 aliphatic heterocycles. The van der Waals surface area contributed by atoms with Gasteiger partial charge in [0, 0.05) is 25.9 Å². The number of hydrogen-bond donors (Lipinski definition) is 0. The fourth-order valence-corrected chi connectivity index (χ4v) is 9.57. The minimum absolute atomic E-state index is 0.127. The third kappa shape index (κ3) is 45.3. The van der Waals surface area contributed by atoms with Crippen molar-refractivity contribution in [2.75, 3.05) is 65.7 Å².